The van der Waals surface area contributed by atoms with Crippen LogP contribution >= 0.6 is 0 Å². The number of rotatable bonds is 8. The molecular formula is C33H44N6O8. The lowest BCUT2D eigenvalue weighted by Gasteiger charge is -2.29. The largest absolute Gasteiger partial charge is 0.480 e. The number of nitrogens with zero attached hydrogens (tertiary/aromatic N) is 1. The molecule has 0 radical (unpaired) electrons. The van der Waals surface area contributed by atoms with Crippen LogP contribution in [0.1, 0.15) is 69.8 Å². The van der Waals surface area contributed by atoms with Crippen molar-refractivity contribution in [3.63, 3.8) is 0 Å². The topological polar surface area (TPSA) is 199 Å². The van der Waals surface area contributed by atoms with E-state index in [-0.39, 0.29) is 50.5 Å². The third-order valence-corrected chi connectivity index (χ3v) is 9.13. The van der Waals surface area contributed by atoms with Gasteiger partial charge in [0, 0.05) is 55.7 Å². The number of carboxylic acid groups (broad SMARTS) is 1. The molecule has 5 amide bonds. The summed E-state index contributed by atoms with van der Waals surface area (Å²) in [6.07, 6.45) is 5.24. The Kier molecular flexibility index (Phi) is 11.5. The molecule has 5 atom stereocenters. The number of ether oxygens (including phenoxy) is 1. The van der Waals surface area contributed by atoms with E-state index in [2.05, 4.69) is 26.3 Å². The summed E-state index contributed by atoms with van der Waals surface area (Å²) >= 11 is 0. The van der Waals surface area contributed by atoms with Gasteiger partial charge in [0.25, 0.3) is 0 Å². The third kappa shape index (κ3) is 8.88. The van der Waals surface area contributed by atoms with Crippen LogP contribution in [0.2, 0.25) is 0 Å². The lowest BCUT2D eigenvalue weighted by Crippen LogP contribution is -2.56. The maximum Gasteiger partial charge on any atom is 0.326 e. The van der Waals surface area contributed by atoms with Crippen LogP contribution in [0, 0.1) is 0 Å². The Labute approximate surface area is 272 Å². The summed E-state index contributed by atoms with van der Waals surface area (Å²) in [5, 5.41) is 21.9. The van der Waals surface area contributed by atoms with Crippen molar-refractivity contribution in [3.05, 3.63) is 36.0 Å². The van der Waals surface area contributed by atoms with Crippen molar-refractivity contribution in [2.75, 3.05) is 19.7 Å². The number of hydrogen-bond donors (Lipinski definition) is 6. The van der Waals surface area contributed by atoms with E-state index >= 15 is 0 Å². The number of amides is 5. The van der Waals surface area contributed by atoms with Gasteiger partial charge in [-0.1, -0.05) is 18.2 Å². The minimum Gasteiger partial charge on any atom is -0.480 e. The van der Waals surface area contributed by atoms with Crippen molar-refractivity contribution in [2.24, 2.45) is 0 Å². The fourth-order valence-corrected chi connectivity index (χ4v) is 6.61. The molecule has 0 spiro atoms. The van der Waals surface area contributed by atoms with Gasteiger partial charge in [0.05, 0.1) is 0 Å². The van der Waals surface area contributed by atoms with Crippen LogP contribution in [0.25, 0.3) is 10.9 Å². The van der Waals surface area contributed by atoms with Gasteiger partial charge in [-0.3, -0.25) is 24.0 Å². The van der Waals surface area contributed by atoms with Crippen LogP contribution in [0.5, 0.6) is 0 Å². The van der Waals surface area contributed by atoms with E-state index in [0.29, 0.717) is 45.3 Å². The maximum atomic E-state index is 14.1. The van der Waals surface area contributed by atoms with E-state index in [9.17, 15) is 33.9 Å². The van der Waals surface area contributed by atoms with Crippen LogP contribution in [-0.4, -0.2) is 100 Å². The molecule has 0 unspecified atom stereocenters. The molecule has 14 nitrogen and oxygen atoms in total. The molecule has 14 heteroatoms. The van der Waals surface area contributed by atoms with Gasteiger partial charge in [-0.15, -0.1) is 0 Å². The Balaban J connectivity index is 1.28. The summed E-state index contributed by atoms with van der Waals surface area (Å²) in [5.41, 5.74) is 2.15. The summed E-state index contributed by atoms with van der Waals surface area (Å²) in [4.78, 5) is 82.5. The van der Waals surface area contributed by atoms with Crippen molar-refractivity contribution >= 4 is 46.4 Å². The van der Waals surface area contributed by atoms with E-state index in [1.807, 2.05) is 30.5 Å². The average Bonchev–Trinajstić information content (AvgIpc) is 3.82. The molecule has 47 heavy (non-hydrogen) atoms. The molecule has 6 N–H and O–H groups in total. The Morgan fingerprint density at radius 1 is 1.02 bits per heavy atom. The van der Waals surface area contributed by atoms with Gasteiger partial charge in [0.15, 0.2) is 0 Å². The van der Waals surface area contributed by atoms with Crippen LogP contribution in [0.4, 0.5) is 0 Å². The number of benzene rings is 1. The first-order valence-electron chi connectivity index (χ1n) is 16.6. The number of carbonyl (C=O) groups is 6. The molecule has 3 aliphatic rings. The second-order valence-electron chi connectivity index (χ2n) is 12.6. The fraction of sp³-hybridized carbons (Fsp3) is 0.576. The molecule has 3 saturated heterocycles. The molecule has 3 aliphatic heterocycles. The standard InChI is InChI=1S/C33H44N6O8/c40-28-14-13-25(33(45)46)38-30(42)26-17-21(36-29(41)12-5-7-20-18-35-23-9-2-1-8-22(20)23)19-39(26)32(44)24(10-3-4-15-34-28)37-31(43)27-11-6-16-47-27/h1-2,8-9,18,21,24-27,35H,3-7,10-17,19H2,(H,34,40)(H,36,41)(H,37,43)(H,38,42)(H,45,46)/t21-,24+,25+,26+,27-/m1/s1. The van der Waals surface area contributed by atoms with Gasteiger partial charge >= 0.3 is 5.97 Å². The van der Waals surface area contributed by atoms with Crippen molar-refractivity contribution in [2.45, 2.75) is 101 Å². The molecule has 2 aromatic rings. The molecule has 254 valence electrons. The van der Waals surface area contributed by atoms with Gasteiger partial charge in [-0.25, -0.2) is 4.79 Å². The number of aromatic nitrogens is 1. The normalized spacial score (nSPS) is 26.1. The predicted molar refractivity (Wildman–Crippen MR) is 170 cm³/mol. The van der Waals surface area contributed by atoms with Gasteiger partial charge in [0.1, 0.15) is 24.2 Å². The van der Waals surface area contributed by atoms with Gasteiger partial charge in [-0.05, 0) is 69.4 Å². The highest BCUT2D eigenvalue weighted by Gasteiger charge is 2.43. The average molecular weight is 653 g/mol. The first-order valence-corrected chi connectivity index (χ1v) is 16.6. The number of carbonyl (C=O) groups excluding carboxylic acids is 5. The summed E-state index contributed by atoms with van der Waals surface area (Å²) in [6, 6.07) is 4.00. The van der Waals surface area contributed by atoms with Crippen LogP contribution in [0.3, 0.4) is 0 Å². The maximum absolute atomic E-state index is 14.1. The van der Waals surface area contributed by atoms with E-state index in [1.165, 1.54) is 4.90 Å². The van der Waals surface area contributed by atoms with Crippen LogP contribution in [0.15, 0.2) is 30.5 Å². The zero-order valence-electron chi connectivity index (χ0n) is 26.4. The van der Waals surface area contributed by atoms with Crippen LogP contribution in [-0.2, 0) is 39.9 Å². The number of aryl methyl sites for hydroxylation is 1. The summed E-state index contributed by atoms with van der Waals surface area (Å²) < 4.78 is 5.51. The lowest BCUT2D eigenvalue weighted by molar-refractivity contribution is -0.145. The van der Waals surface area contributed by atoms with E-state index in [1.54, 1.807) is 0 Å². The van der Waals surface area contributed by atoms with Gasteiger partial charge in [0.2, 0.25) is 29.5 Å². The molecule has 1 aromatic carbocycles. The molecule has 4 heterocycles. The van der Waals surface area contributed by atoms with Crippen molar-refractivity contribution in [1.29, 1.82) is 0 Å². The second-order valence-corrected chi connectivity index (χ2v) is 12.6. The fourth-order valence-electron chi connectivity index (χ4n) is 6.61. The number of aromatic amines is 1. The van der Waals surface area contributed by atoms with E-state index in [4.69, 9.17) is 4.74 Å². The predicted octanol–water partition coefficient (Wildman–Crippen LogP) is 0.890. The molecular weight excluding hydrogens is 608 g/mol. The summed E-state index contributed by atoms with van der Waals surface area (Å²) in [5.74, 6) is -3.44. The molecule has 5 rings (SSSR count). The Hall–Kier alpha value is -4.46. The smallest absolute Gasteiger partial charge is 0.326 e. The summed E-state index contributed by atoms with van der Waals surface area (Å²) in [7, 11) is 0. The van der Waals surface area contributed by atoms with Crippen molar-refractivity contribution in [1.82, 2.24) is 31.2 Å². The Morgan fingerprint density at radius 3 is 2.64 bits per heavy atom. The molecule has 0 bridgehead atoms. The third-order valence-electron chi connectivity index (χ3n) is 9.13. The number of hydrogen-bond acceptors (Lipinski definition) is 7. The van der Waals surface area contributed by atoms with E-state index in [0.717, 1.165) is 22.9 Å². The zero-order chi connectivity index (χ0) is 33.3. The molecule has 3 fully saturated rings. The summed E-state index contributed by atoms with van der Waals surface area (Å²) in [6.45, 7) is 0.804. The highest BCUT2D eigenvalue weighted by Crippen LogP contribution is 2.23. The zero-order valence-corrected chi connectivity index (χ0v) is 26.4. The van der Waals surface area contributed by atoms with Crippen LogP contribution < -0.4 is 21.3 Å². The number of aliphatic carboxylic acids is 1. The second kappa shape index (κ2) is 15.9. The Bertz CT molecular complexity index is 1470. The Morgan fingerprint density at radius 2 is 1.85 bits per heavy atom. The highest BCUT2D eigenvalue weighted by atomic mass is 16.5. The number of H-pyrrole nitrogens is 1. The van der Waals surface area contributed by atoms with Crippen molar-refractivity contribution in [3.8, 4) is 0 Å². The lowest BCUT2D eigenvalue weighted by atomic mass is 10.1. The molecule has 1 aromatic heterocycles. The minimum atomic E-state index is -1.34. The van der Waals surface area contributed by atoms with Gasteiger partial charge < -0.3 is 41.0 Å². The SMILES string of the molecule is O=C1CC[C@@H](C(=O)O)NC(=O)[C@@H]2C[C@@H](NC(=O)CCCc3c[nH]c4ccccc34)CN2C(=O)[C@@H](NC(=O)[C@H]2CCCO2)CCCCN1. The first-order chi connectivity index (χ1) is 22.7. The minimum absolute atomic E-state index is 0.0230. The van der Waals surface area contributed by atoms with Crippen molar-refractivity contribution < 1.29 is 38.6 Å². The molecule has 0 saturated carbocycles. The molecule has 0 aliphatic carbocycles. The monoisotopic (exact) mass is 652 g/mol. The van der Waals surface area contributed by atoms with Gasteiger partial charge in [-0.2, -0.15) is 0 Å². The quantitative estimate of drug-likeness (QED) is 0.242. The first kappa shape index (κ1) is 33.9. The number of para-hydroxylation sites is 1. The number of fused-ring (bicyclic) bond motifs is 2. The number of carboxylic acids is 1. The number of nitrogens with one attached hydrogen (secondary N) is 5. The highest BCUT2D eigenvalue weighted by molar-refractivity contribution is 5.95. The van der Waals surface area contributed by atoms with E-state index < -0.39 is 54.0 Å².